The summed E-state index contributed by atoms with van der Waals surface area (Å²) in [5.41, 5.74) is -1.14. The summed E-state index contributed by atoms with van der Waals surface area (Å²) in [6.45, 7) is 1.86. The second kappa shape index (κ2) is 3.90. The average Bonchev–Trinajstić information content (AvgIpc) is 2.11. The molecule has 14 heavy (non-hydrogen) atoms. The van der Waals surface area contributed by atoms with Gasteiger partial charge in [-0.1, -0.05) is 6.92 Å². The second-order valence-electron chi connectivity index (χ2n) is 3.64. The van der Waals surface area contributed by atoms with Crippen molar-refractivity contribution in [3.63, 3.8) is 0 Å². The highest BCUT2D eigenvalue weighted by molar-refractivity contribution is 6.14. The van der Waals surface area contributed by atoms with Gasteiger partial charge in [0.25, 0.3) is 0 Å². The van der Waals surface area contributed by atoms with Crippen LogP contribution in [0.25, 0.3) is 0 Å². The largest absolute Gasteiger partial charge is 0.468 e. The van der Waals surface area contributed by atoms with E-state index in [0.29, 0.717) is 12.8 Å². The van der Waals surface area contributed by atoms with E-state index < -0.39 is 11.4 Å². The molecule has 0 aromatic rings. The molecule has 1 aliphatic carbocycles. The molecule has 0 unspecified atom stereocenters. The zero-order valence-corrected chi connectivity index (χ0v) is 8.46. The van der Waals surface area contributed by atoms with Crippen molar-refractivity contribution in [2.75, 3.05) is 7.11 Å². The van der Waals surface area contributed by atoms with E-state index in [-0.39, 0.29) is 24.4 Å². The van der Waals surface area contributed by atoms with E-state index in [1.807, 2.05) is 6.92 Å². The minimum atomic E-state index is -1.14. The Balaban J connectivity index is 2.78. The summed E-state index contributed by atoms with van der Waals surface area (Å²) in [6.07, 6.45) is 1.07. The van der Waals surface area contributed by atoms with E-state index in [1.54, 1.807) is 0 Å². The fourth-order valence-corrected chi connectivity index (χ4v) is 1.74. The van der Waals surface area contributed by atoms with Crippen molar-refractivity contribution in [2.45, 2.75) is 32.6 Å². The van der Waals surface area contributed by atoms with Crippen LogP contribution in [0.3, 0.4) is 0 Å². The van der Waals surface area contributed by atoms with Gasteiger partial charge in [-0.2, -0.15) is 0 Å². The lowest BCUT2D eigenvalue weighted by atomic mass is 9.64. The summed E-state index contributed by atoms with van der Waals surface area (Å²) in [6, 6.07) is 0. The Morgan fingerprint density at radius 3 is 2.36 bits per heavy atom. The van der Waals surface area contributed by atoms with Crippen LogP contribution in [-0.2, 0) is 19.1 Å². The average molecular weight is 198 g/mol. The first-order valence-electron chi connectivity index (χ1n) is 4.70. The summed E-state index contributed by atoms with van der Waals surface area (Å²) in [5, 5.41) is 0. The molecule has 1 saturated carbocycles. The number of methoxy groups -OCH3 is 1. The van der Waals surface area contributed by atoms with Crippen LogP contribution < -0.4 is 0 Å². The Labute approximate surface area is 82.6 Å². The molecular formula is C10H14O4. The quantitative estimate of drug-likeness (QED) is 0.497. The minimum absolute atomic E-state index is 0.0263. The smallest absolute Gasteiger partial charge is 0.320 e. The van der Waals surface area contributed by atoms with Gasteiger partial charge in [-0.15, -0.1) is 0 Å². The van der Waals surface area contributed by atoms with Crippen LogP contribution >= 0.6 is 0 Å². The van der Waals surface area contributed by atoms with Gasteiger partial charge in [0.2, 0.25) is 0 Å². The zero-order valence-electron chi connectivity index (χ0n) is 8.46. The minimum Gasteiger partial charge on any atom is -0.468 e. The lowest BCUT2D eigenvalue weighted by molar-refractivity contribution is -0.168. The maximum atomic E-state index is 11.6. The number of esters is 1. The van der Waals surface area contributed by atoms with Gasteiger partial charge in [0.15, 0.2) is 5.78 Å². The molecular weight excluding hydrogens is 184 g/mol. The van der Waals surface area contributed by atoms with Gasteiger partial charge in [-0.25, -0.2) is 0 Å². The summed E-state index contributed by atoms with van der Waals surface area (Å²) in [7, 11) is 1.24. The molecule has 4 nitrogen and oxygen atoms in total. The van der Waals surface area contributed by atoms with Gasteiger partial charge < -0.3 is 4.74 Å². The van der Waals surface area contributed by atoms with E-state index in [1.165, 1.54) is 7.11 Å². The highest BCUT2D eigenvalue weighted by atomic mass is 16.5. The van der Waals surface area contributed by atoms with Gasteiger partial charge in [-0.05, 0) is 6.42 Å². The van der Waals surface area contributed by atoms with Crippen LogP contribution in [0.4, 0.5) is 0 Å². The highest BCUT2D eigenvalue weighted by Gasteiger charge is 2.55. The Morgan fingerprint density at radius 2 is 2.00 bits per heavy atom. The third kappa shape index (κ3) is 1.56. The van der Waals surface area contributed by atoms with Crippen molar-refractivity contribution in [1.82, 2.24) is 0 Å². The van der Waals surface area contributed by atoms with Crippen molar-refractivity contribution in [3.05, 3.63) is 0 Å². The van der Waals surface area contributed by atoms with Gasteiger partial charge in [0.05, 0.1) is 7.11 Å². The number of hydrogen-bond donors (Lipinski definition) is 0. The van der Waals surface area contributed by atoms with E-state index in [2.05, 4.69) is 4.74 Å². The highest BCUT2D eigenvalue weighted by Crippen LogP contribution is 2.41. The monoisotopic (exact) mass is 198 g/mol. The molecule has 0 bridgehead atoms. The van der Waals surface area contributed by atoms with Crippen LogP contribution in [0.5, 0.6) is 0 Å². The molecule has 0 spiro atoms. The lowest BCUT2D eigenvalue weighted by Gasteiger charge is -2.35. The molecule has 0 aliphatic heterocycles. The maximum absolute atomic E-state index is 11.6. The Hall–Kier alpha value is -1.19. The van der Waals surface area contributed by atoms with Gasteiger partial charge in [-0.3, -0.25) is 14.4 Å². The van der Waals surface area contributed by atoms with Crippen molar-refractivity contribution >= 4 is 17.5 Å². The first-order valence-corrected chi connectivity index (χ1v) is 4.70. The Kier molecular flexibility index (Phi) is 3.03. The summed E-state index contributed by atoms with van der Waals surface area (Å²) in [5.74, 6) is -0.762. The lowest BCUT2D eigenvalue weighted by Crippen LogP contribution is -2.50. The van der Waals surface area contributed by atoms with Crippen LogP contribution in [-0.4, -0.2) is 24.6 Å². The third-order valence-corrected chi connectivity index (χ3v) is 2.58. The van der Waals surface area contributed by atoms with Crippen LogP contribution in [0.1, 0.15) is 32.6 Å². The summed E-state index contributed by atoms with van der Waals surface area (Å²) >= 11 is 0. The predicted octanol–water partition coefficient (Wildman–Crippen LogP) is 0.878. The second-order valence-corrected chi connectivity index (χ2v) is 3.64. The van der Waals surface area contributed by atoms with Gasteiger partial charge in [0, 0.05) is 19.3 Å². The molecule has 0 aromatic heterocycles. The molecule has 0 heterocycles. The van der Waals surface area contributed by atoms with Crippen molar-refractivity contribution in [1.29, 1.82) is 0 Å². The molecule has 0 N–H and O–H groups in total. The van der Waals surface area contributed by atoms with Crippen LogP contribution in [0.15, 0.2) is 0 Å². The maximum Gasteiger partial charge on any atom is 0.320 e. The van der Waals surface area contributed by atoms with Crippen molar-refractivity contribution in [2.24, 2.45) is 5.41 Å². The standard InChI is InChI=1S/C10H14O4/c1-3-4-8(12)10(9(13)14-2)5-7(11)6-10/h3-6H2,1-2H3. The summed E-state index contributed by atoms with van der Waals surface area (Å²) < 4.78 is 4.56. The third-order valence-electron chi connectivity index (χ3n) is 2.58. The molecule has 0 radical (unpaired) electrons. The zero-order chi connectivity index (χ0) is 10.8. The molecule has 0 saturated heterocycles. The number of rotatable bonds is 4. The number of hydrogen-bond acceptors (Lipinski definition) is 4. The molecule has 78 valence electrons. The number of carbonyl (C=O) groups excluding carboxylic acids is 3. The molecule has 4 heteroatoms. The normalized spacial score (nSPS) is 18.6. The van der Waals surface area contributed by atoms with E-state index in [9.17, 15) is 14.4 Å². The molecule has 0 amide bonds. The molecule has 0 aromatic carbocycles. The number of ether oxygens (including phenoxy) is 1. The first kappa shape index (κ1) is 10.9. The Morgan fingerprint density at radius 1 is 1.43 bits per heavy atom. The molecule has 1 aliphatic rings. The molecule has 0 atom stereocenters. The number of ketones is 2. The van der Waals surface area contributed by atoms with E-state index >= 15 is 0 Å². The van der Waals surface area contributed by atoms with Crippen LogP contribution in [0, 0.1) is 5.41 Å². The van der Waals surface area contributed by atoms with Crippen molar-refractivity contribution in [3.8, 4) is 0 Å². The Bertz CT molecular complexity index is 272. The van der Waals surface area contributed by atoms with Gasteiger partial charge >= 0.3 is 5.97 Å². The SMILES string of the molecule is CCCC(=O)C1(C(=O)OC)CC(=O)C1. The first-order chi connectivity index (χ1) is 6.56. The molecule has 1 rings (SSSR count). The van der Waals surface area contributed by atoms with Crippen LogP contribution in [0.2, 0.25) is 0 Å². The number of carbonyl (C=O) groups is 3. The van der Waals surface area contributed by atoms with Gasteiger partial charge in [0.1, 0.15) is 11.2 Å². The summed E-state index contributed by atoms with van der Waals surface area (Å²) in [4.78, 5) is 33.9. The molecule has 1 fully saturated rings. The van der Waals surface area contributed by atoms with E-state index in [4.69, 9.17) is 0 Å². The fourth-order valence-electron chi connectivity index (χ4n) is 1.74. The topological polar surface area (TPSA) is 60.4 Å². The predicted molar refractivity (Wildman–Crippen MR) is 48.6 cm³/mol. The van der Waals surface area contributed by atoms with E-state index in [0.717, 1.165) is 0 Å². The fraction of sp³-hybridized carbons (Fsp3) is 0.700. The van der Waals surface area contributed by atoms with Crippen molar-refractivity contribution < 1.29 is 19.1 Å². The number of Topliss-reactive ketones (excluding diaryl/α,β-unsaturated/α-hetero) is 2.